The van der Waals surface area contributed by atoms with Gasteiger partial charge < -0.3 is 5.32 Å². The lowest BCUT2D eigenvalue weighted by molar-refractivity contribution is 0.518. The average Bonchev–Trinajstić information content (AvgIpc) is 3.10. The Morgan fingerprint density at radius 2 is 2.17 bits per heavy atom. The summed E-state index contributed by atoms with van der Waals surface area (Å²) in [4.78, 5) is 9.26. The Morgan fingerprint density at radius 3 is 2.78 bits per heavy atom. The number of nitrogens with zero attached hydrogens (tertiary/aromatic N) is 5. The maximum absolute atomic E-state index is 9.22. The van der Waals surface area contributed by atoms with E-state index in [0.29, 0.717) is 24.5 Å². The van der Waals surface area contributed by atoms with Gasteiger partial charge >= 0.3 is 0 Å². The minimum absolute atomic E-state index is 0.333. The van der Waals surface area contributed by atoms with Gasteiger partial charge in [0, 0.05) is 37.2 Å². The summed E-state index contributed by atoms with van der Waals surface area (Å²) in [6, 6.07) is 2.55. The molecule has 1 aliphatic rings. The molecule has 0 fully saturated rings. The predicted octanol–water partition coefficient (Wildman–Crippen LogP) is 2.66. The van der Waals surface area contributed by atoms with E-state index in [1.54, 1.807) is 0 Å². The van der Waals surface area contributed by atoms with Gasteiger partial charge in [-0.05, 0) is 20.8 Å². The SMILES string of the molecule is CNc1nc(Cc2cnn(C(C)C)c2C)nc2c1C(C#N)=CC2. The molecular formula is C17H20N6. The van der Waals surface area contributed by atoms with Crippen LogP contribution in [0.2, 0.25) is 0 Å². The van der Waals surface area contributed by atoms with Crippen molar-refractivity contribution >= 4 is 11.4 Å². The molecule has 2 aromatic heterocycles. The highest BCUT2D eigenvalue weighted by atomic mass is 15.3. The van der Waals surface area contributed by atoms with E-state index in [0.717, 1.165) is 34.2 Å². The summed E-state index contributed by atoms with van der Waals surface area (Å²) in [5.41, 5.74) is 4.69. The normalized spacial score (nSPS) is 13.0. The molecule has 0 aliphatic heterocycles. The topological polar surface area (TPSA) is 79.4 Å². The third kappa shape index (κ3) is 2.59. The van der Waals surface area contributed by atoms with Gasteiger partial charge in [-0.1, -0.05) is 6.08 Å². The third-order valence-corrected chi connectivity index (χ3v) is 4.14. The predicted molar refractivity (Wildman–Crippen MR) is 89.0 cm³/mol. The summed E-state index contributed by atoms with van der Waals surface area (Å²) >= 11 is 0. The maximum atomic E-state index is 9.22. The van der Waals surface area contributed by atoms with E-state index < -0.39 is 0 Å². The molecule has 3 rings (SSSR count). The average molecular weight is 308 g/mol. The Hall–Kier alpha value is -2.68. The highest BCUT2D eigenvalue weighted by Crippen LogP contribution is 2.31. The molecular weight excluding hydrogens is 288 g/mol. The number of hydrogen-bond donors (Lipinski definition) is 1. The van der Waals surface area contributed by atoms with E-state index in [1.165, 1.54) is 0 Å². The molecule has 0 radical (unpaired) electrons. The van der Waals surface area contributed by atoms with Crippen LogP contribution in [0.25, 0.3) is 5.57 Å². The lowest BCUT2D eigenvalue weighted by Crippen LogP contribution is -2.08. The van der Waals surface area contributed by atoms with E-state index in [1.807, 2.05) is 24.0 Å². The van der Waals surface area contributed by atoms with Crippen molar-refractivity contribution in [2.75, 3.05) is 12.4 Å². The largest absolute Gasteiger partial charge is 0.372 e. The van der Waals surface area contributed by atoms with Crippen molar-refractivity contribution in [3.05, 3.63) is 40.6 Å². The number of aromatic nitrogens is 4. The molecule has 2 aromatic rings. The molecule has 23 heavy (non-hydrogen) atoms. The van der Waals surface area contributed by atoms with Crippen LogP contribution in [0.4, 0.5) is 5.82 Å². The molecule has 118 valence electrons. The van der Waals surface area contributed by atoms with Crippen LogP contribution in [-0.2, 0) is 12.8 Å². The van der Waals surface area contributed by atoms with Crippen molar-refractivity contribution < 1.29 is 0 Å². The standard InChI is InChI=1S/C17H20N6/c1-10(2)23-11(3)13(9-20-23)7-15-21-14-6-5-12(8-18)16(14)17(19-4)22-15/h5,9-10H,6-7H2,1-4H3,(H,19,21,22). The lowest BCUT2D eigenvalue weighted by atomic mass is 10.1. The van der Waals surface area contributed by atoms with Gasteiger partial charge in [0.25, 0.3) is 0 Å². The number of allylic oxidation sites excluding steroid dienone is 2. The van der Waals surface area contributed by atoms with Crippen LogP contribution in [0.5, 0.6) is 0 Å². The summed E-state index contributed by atoms with van der Waals surface area (Å²) in [6.45, 7) is 6.30. The summed E-state index contributed by atoms with van der Waals surface area (Å²) in [5, 5.41) is 16.8. The van der Waals surface area contributed by atoms with E-state index >= 15 is 0 Å². The molecule has 0 bridgehead atoms. The second-order valence-electron chi connectivity index (χ2n) is 5.96. The number of rotatable bonds is 4. The van der Waals surface area contributed by atoms with Crippen molar-refractivity contribution in [3.63, 3.8) is 0 Å². The Kier molecular flexibility index (Phi) is 3.87. The van der Waals surface area contributed by atoms with Crippen molar-refractivity contribution in [3.8, 4) is 6.07 Å². The molecule has 6 nitrogen and oxygen atoms in total. The zero-order valence-electron chi connectivity index (χ0n) is 13.9. The minimum atomic E-state index is 0.333. The summed E-state index contributed by atoms with van der Waals surface area (Å²) in [6.07, 6.45) is 5.13. The number of fused-ring (bicyclic) bond motifs is 1. The quantitative estimate of drug-likeness (QED) is 0.939. The maximum Gasteiger partial charge on any atom is 0.138 e. The molecule has 0 aromatic carbocycles. The molecule has 0 amide bonds. The van der Waals surface area contributed by atoms with E-state index in [4.69, 9.17) is 0 Å². The second kappa shape index (κ2) is 5.84. The van der Waals surface area contributed by atoms with Crippen molar-refractivity contribution in [2.45, 2.75) is 39.7 Å². The molecule has 2 heterocycles. The first-order valence-corrected chi connectivity index (χ1v) is 7.76. The van der Waals surface area contributed by atoms with Gasteiger partial charge in [-0.2, -0.15) is 10.4 Å². The van der Waals surface area contributed by atoms with Crippen LogP contribution in [0.15, 0.2) is 12.3 Å². The fraction of sp³-hybridized carbons (Fsp3) is 0.412. The van der Waals surface area contributed by atoms with Gasteiger partial charge in [-0.25, -0.2) is 9.97 Å². The highest BCUT2D eigenvalue weighted by molar-refractivity contribution is 5.86. The van der Waals surface area contributed by atoms with Gasteiger partial charge in [-0.3, -0.25) is 4.68 Å². The third-order valence-electron chi connectivity index (χ3n) is 4.14. The summed E-state index contributed by atoms with van der Waals surface area (Å²) in [5.74, 6) is 1.48. The van der Waals surface area contributed by atoms with Crippen molar-refractivity contribution in [2.24, 2.45) is 0 Å². The Morgan fingerprint density at radius 1 is 1.39 bits per heavy atom. The van der Waals surface area contributed by atoms with Gasteiger partial charge in [0.1, 0.15) is 11.6 Å². The first-order valence-electron chi connectivity index (χ1n) is 7.76. The molecule has 1 N–H and O–H groups in total. The fourth-order valence-electron chi connectivity index (χ4n) is 2.97. The highest BCUT2D eigenvalue weighted by Gasteiger charge is 2.22. The van der Waals surface area contributed by atoms with Crippen LogP contribution in [0.3, 0.4) is 0 Å². The number of hydrogen-bond acceptors (Lipinski definition) is 5. The molecule has 0 saturated heterocycles. The summed E-state index contributed by atoms with van der Waals surface area (Å²) in [7, 11) is 1.82. The smallest absolute Gasteiger partial charge is 0.138 e. The Bertz CT molecular complexity index is 822. The van der Waals surface area contributed by atoms with E-state index in [2.05, 4.69) is 47.2 Å². The van der Waals surface area contributed by atoms with Crippen LogP contribution < -0.4 is 5.32 Å². The van der Waals surface area contributed by atoms with Gasteiger partial charge in [-0.15, -0.1) is 0 Å². The van der Waals surface area contributed by atoms with Gasteiger partial charge in [0.15, 0.2) is 0 Å². The fourth-order valence-corrected chi connectivity index (χ4v) is 2.97. The zero-order chi connectivity index (χ0) is 16.6. The Balaban J connectivity index is 1.96. The molecule has 0 unspecified atom stereocenters. The molecule has 1 aliphatic carbocycles. The van der Waals surface area contributed by atoms with Crippen LogP contribution >= 0.6 is 0 Å². The van der Waals surface area contributed by atoms with Crippen molar-refractivity contribution in [1.29, 1.82) is 5.26 Å². The summed E-state index contributed by atoms with van der Waals surface area (Å²) < 4.78 is 2.01. The first-order chi connectivity index (χ1) is 11.0. The Labute approximate surface area is 135 Å². The minimum Gasteiger partial charge on any atom is -0.372 e. The van der Waals surface area contributed by atoms with E-state index in [-0.39, 0.29) is 0 Å². The number of nitriles is 1. The van der Waals surface area contributed by atoms with Gasteiger partial charge in [0.2, 0.25) is 0 Å². The number of anilines is 1. The first kappa shape index (κ1) is 15.2. The van der Waals surface area contributed by atoms with E-state index in [9.17, 15) is 5.26 Å². The van der Waals surface area contributed by atoms with Crippen LogP contribution in [0.1, 0.15) is 48.2 Å². The second-order valence-corrected chi connectivity index (χ2v) is 5.96. The molecule has 0 saturated carbocycles. The number of nitrogens with one attached hydrogen (secondary N) is 1. The lowest BCUT2D eigenvalue weighted by Gasteiger charge is -2.11. The van der Waals surface area contributed by atoms with Crippen LogP contribution in [-0.4, -0.2) is 26.8 Å². The van der Waals surface area contributed by atoms with Crippen LogP contribution in [0, 0.1) is 18.3 Å². The van der Waals surface area contributed by atoms with Gasteiger partial charge in [0.05, 0.1) is 29.1 Å². The van der Waals surface area contributed by atoms with Crippen molar-refractivity contribution in [1.82, 2.24) is 19.7 Å². The zero-order valence-corrected chi connectivity index (χ0v) is 13.9. The monoisotopic (exact) mass is 308 g/mol. The molecule has 6 heteroatoms. The molecule has 0 atom stereocenters. The molecule has 0 spiro atoms.